The molecule has 8 heteroatoms. The fourth-order valence-electron chi connectivity index (χ4n) is 2.80. The number of carbonyl (C=O) groups excluding carboxylic acids is 2. The number of esters is 1. The molecular formula is C20H21N3O4S. The average Bonchev–Trinajstić information content (AvgIpc) is 3.22. The molecule has 3 rings (SSSR count). The van der Waals surface area contributed by atoms with Gasteiger partial charge in [0.05, 0.1) is 24.5 Å². The van der Waals surface area contributed by atoms with Crippen molar-refractivity contribution in [2.75, 3.05) is 11.5 Å². The number of anilines is 1. The van der Waals surface area contributed by atoms with Crippen LogP contribution in [0.1, 0.15) is 49.7 Å². The number of nitrogens with zero attached hydrogens (tertiary/aromatic N) is 3. The first-order chi connectivity index (χ1) is 13.4. The van der Waals surface area contributed by atoms with E-state index in [2.05, 4.69) is 10.1 Å². The van der Waals surface area contributed by atoms with Gasteiger partial charge in [0.25, 0.3) is 5.91 Å². The molecule has 1 amide bonds. The lowest BCUT2D eigenvalue weighted by Gasteiger charge is -2.20. The molecule has 0 radical (unpaired) electrons. The molecule has 7 nitrogen and oxygen atoms in total. The molecule has 0 aliphatic heterocycles. The molecule has 1 aromatic carbocycles. The maximum absolute atomic E-state index is 13.3. The van der Waals surface area contributed by atoms with Gasteiger partial charge >= 0.3 is 5.97 Å². The minimum absolute atomic E-state index is 0.274. The number of carbonyl (C=O) groups is 2. The number of aromatic nitrogens is 2. The van der Waals surface area contributed by atoms with Gasteiger partial charge in [-0.2, -0.15) is 0 Å². The number of amides is 1. The molecule has 0 saturated carbocycles. The van der Waals surface area contributed by atoms with Crippen LogP contribution in [0.15, 0.2) is 34.9 Å². The Balaban J connectivity index is 2.03. The van der Waals surface area contributed by atoms with E-state index in [-0.39, 0.29) is 12.5 Å². The van der Waals surface area contributed by atoms with E-state index in [1.165, 1.54) is 0 Å². The monoisotopic (exact) mass is 399 g/mol. The predicted octanol–water partition coefficient (Wildman–Crippen LogP) is 4.08. The molecule has 0 aliphatic rings. The number of hydrogen-bond donors (Lipinski definition) is 0. The summed E-state index contributed by atoms with van der Waals surface area (Å²) in [6.07, 6.45) is 0. The summed E-state index contributed by atoms with van der Waals surface area (Å²) in [5, 5.41) is 4.31. The van der Waals surface area contributed by atoms with Gasteiger partial charge in [0.2, 0.25) is 0 Å². The Labute approximate surface area is 166 Å². The number of thiazole rings is 1. The van der Waals surface area contributed by atoms with Gasteiger partial charge in [-0.05, 0) is 33.3 Å². The van der Waals surface area contributed by atoms with E-state index in [0.29, 0.717) is 39.3 Å². The molecule has 0 spiro atoms. The van der Waals surface area contributed by atoms with Gasteiger partial charge in [0, 0.05) is 0 Å². The van der Waals surface area contributed by atoms with E-state index in [9.17, 15) is 9.59 Å². The molecule has 0 bridgehead atoms. The van der Waals surface area contributed by atoms with Crippen molar-refractivity contribution in [3.05, 3.63) is 63.5 Å². The van der Waals surface area contributed by atoms with Crippen LogP contribution in [0.2, 0.25) is 0 Å². The van der Waals surface area contributed by atoms with Crippen LogP contribution in [0.25, 0.3) is 0 Å². The van der Waals surface area contributed by atoms with Crippen molar-refractivity contribution in [3.63, 3.8) is 0 Å². The minimum Gasteiger partial charge on any atom is -0.462 e. The molecule has 2 heterocycles. The fraction of sp³-hybridized carbons (Fsp3) is 0.300. The van der Waals surface area contributed by atoms with Crippen molar-refractivity contribution in [2.45, 2.75) is 34.2 Å². The summed E-state index contributed by atoms with van der Waals surface area (Å²) in [6.45, 7) is 7.48. The summed E-state index contributed by atoms with van der Waals surface area (Å²) in [5.74, 6) is -0.267. The fourth-order valence-corrected chi connectivity index (χ4v) is 3.76. The highest BCUT2D eigenvalue weighted by Gasteiger charge is 2.28. The van der Waals surface area contributed by atoms with Crippen molar-refractivity contribution < 1.29 is 18.8 Å². The molecule has 0 fully saturated rings. The van der Waals surface area contributed by atoms with Gasteiger partial charge in [0.1, 0.15) is 16.2 Å². The first kappa shape index (κ1) is 19.8. The van der Waals surface area contributed by atoms with E-state index in [4.69, 9.17) is 9.26 Å². The van der Waals surface area contributed by atoms with E-state index in [1.54, 1.807) is 32.6 Å². The first-order valence-electron chi connectivity index (χ1n) is 8.85. The number of hydrogen-bond acceptors (Lipinski definition) is 7. The number of aryl methyl sites for hydroxylation is 3. The lowest BCUT2D eigenvalue weighted by atomic mass is 10.1. The molecule has 146 valence electrons. The Hall–Kier alpha value is -3.00. The zero-order valence-corrected chi connectivity index (χ0v) is 17.0. The smallest absolute Gasteiger partial charge is 0.350 e. The molecule has 3 aromatic rings. The lowest BCUT2D eigenvalue weighted by molar-refractivity contribution is 0.0531. The molecule has 2 aromatic heterocycles. The number of rotatable bonds is 6. The van der Waals surface area contributed by atoms with Crippen LogP contribution in [-0.2, 0) is 11.3 Å². The Bertz CT molecular complexity index is 975. The topological polar surface area (TPSA) is 85.5 Å². The SMILES string of the molecule is CCOC(=O)c1sc(N(Cc2ccccc2)C(=O)c2c(C)noc2C)nc1C. The molecule has 28 heavy (non-hydrogen) atoms. The summed E-state index contributed by atoms with van der Waals surface area (Å²) < 4.78 is 10.3. The third kappa shape index (κ3) is 3.96. The highest BCUT2D eigenvalue weighted by atomic mass is 32.1. The summed E-state index contributed by atoms with van der Waals surface area (Å²) in [4.78, 5) is 31.9. The second-order valence-electron chi connectivity index (χ2n) is 6.21. The largest absolute Gasteiger partial charge is 0.462 e. The number of benzene rings is 1. The molecule has 0 saturated heterocycles. The van der Waals surface area contributed by atoms with E-state index >= 15 is 0 Å². The Kier molecular flexibility index (Phi) is 5.89. The van der Waals surface area contributed by atoms with Crippen molar-refractivity contribution in [2.24, 2.45) is 0 Å². The molecule has 0 unspecified atom stereocenters. The summed E-state index contributed by atoms with van der Waals surface area (Å²) in [5.41, 5.74) is 2.39. The third-order valence-electron chi connectivity index (χ3n) is 4.15. The van der Waals surface area contributed by atoms with Gasteiger partial charge in [-0.25, -0.2) is 9.78 Å². The van der Waals surface area contributed by atoms with Crippen LogP contribution < -0.4 is 4.90 Å². The Morgan fingerprint density at radius 1 is 1.14 bits per heavy atom. The second-order valence-corrected chi connectivity index (χ2v) is 7.19. The van der Waals surface area contributed by atoms with Crippen molar-refractivity contribution in [1.82, 2.24) is 10.1 Å². The zero-order valence-electron chi connectivity index (χ0n) is 16.2. The maximum Gasteiger partial charge on any atom is 0.350 e. The summed E-state index contributed by atoms with van der Waals surface area (Å²) in [6, 6.07) is 9.59. The Morgan fingerprint density at radius 2 is 1.86 bits per heavy atom. The van der Waals surface area contributed by atoms with Gasteiger partial charge in [-0.3, -0.25) is 9.69 Å². The van der Waals surface area contributed by atoms with Gasteiger partial charge in [-0.15, -0.1) is 0 Å². The molecule has 0 N–H and O–H groups in total. The Morgan fingerprint density at radius 3 is 2.46 bits per heavy atom. The van der Waals surface area contributed by atoms with Crippen LogP contribution in [0.5, 0.6) is 0 Å². The number of ether oxygens (including phenoxy) is 1. The highest BCUT2D eigenvalue weighted by Crippen LogP contribution is 2.30. The van der Waals surface area contributed by atoms with E-state index in [1.807, 2.05) is 30.3 Å². The van der Waals surface area contributed by atoms with Crippen LogP contribution in [0.4, 0.5) is 5.13 Å². The average molecular weight is 399 g/mol. The van der Waals surface area contributed by atoms with Crippen LogP contribution in [0, 0.1) is 20.8 Å². The normalized spacial score (nSPS) is 10.7. The second kappa shape index (κ2) is 8.35. The highest BCUT2D eigenvalue weighted by molar-refractivity contribution is 7.17. The van der Waals surface area contributed by atoms with Gasteiger partial charge in [0.15, 0.2) is 5.13 Å². The third-order valence-corrected chi connectivity index (χ3v) is 5.31. The molecule has 0 aliphatic carbocycles. The summed E-state index contributed by atoms with van der Waals surface area (Å²) >= 11 is 1.14. The van der Waals surface area contributed by atoms with Crippen LogP contribution >= 0.6 is 11.3 Å². The molecule has 0 atom stereocenters. The summed E-state index contributed by atoms with van der Waals surface area (Å²) in [7, 11) is 0. The predicted molar refractivity (Wildman–Crippen MR) is 106 cm³/mol. The van der Waals surface area contributed by atoms with E-state index in [0.717, 1.165) is 16.9 Å². The van der Waals surface area contributed by atoms with Crippen molar-refractivity contribution in [3.8, 4) is 0 Å². The van der Waals surface area contributed by atoms with Gasteiger partial charge < -0.3 is 9.26 Å². The van der Waals surface area contributed by atoms with Crippen LogP contribution in [-0.4, -0.2) is 28.6 Å². The van der Waals surface area contributed by atoms with Crippen LogP contribution in [0.3, 0.4) is 0 Å². The first-order valence-corrected chi connectivity index (χ1v) is 9.67. The minimum atomic E-state index is -0.437. The van der Waals surface area contributed by atoms with E-state index < -0.39 is 5.97 Å². The zero-order chi connectivity index (χ0) is 20.3. The van der Waals surface area contributed by atoms with Crippen molar-refractivity contribution in [1.29, 1.82) is 0 Å². The molecular weight excluding hydrogens is 378 g/mol. The maximum atomic E-state index is 13.3. The van der Waals surface area contributed by atoms with Gasteiger partial charge in [-0.1, -0.05) is 46.8 Å². The van der Waals surface area contributed by atoms with Crippen molar-refractivity contribution >= 4 is 28.3 Å². The quantitative estimate of drug-likeness (QED) is 0.581. The lowest BCUT2D eigenvalue weighted by Crippen LogP contribution is -2.31. The standard InChI is InChI=1S/C20H21N3O4S/c1-5-26-19(25)17-13(3)21-20(28-17)23(11-15-9-7-6-8-10-15)18(24)16-12(2)22-27-14(16)4/h6-10H,5,11H2,1-4H3.